The monoisotopic (exact) mass is 556 g/mol. The van der Waals surface area contributed by atoms with E-state index in [4.69, 9.17) is 30.1 Å². The molecular weight excluding hydrogens is 523 g/mol. The van der Waals surface area contributed by atoms with Crippen molar-refractivity contribution in [3.8, 4) is 11.5 Å². The molecule has 6 nitrogen and oxygen atoms in total. The molecule has 0 aromatic heterocycles. The zero-order valence-electron chi connectivity index (χ0n) is 22.5. The minimum absolute atomic E-state index is 0.169. The third-order valence-corrected chi connectivity index (χ3v) is 8.40. The van der Waals surface area contributed by atoms with Crippen LogP contribution < -0.4 is 9.47 Å². The van der Waals surface area contributed by atoms with Gasteiger partial charge in [0.05, 0.1) is 12.7 Å². The average Bonchev–Trinajstić information content (AvgIpc) is 2.85. The van der Waals surface area contributed by atoms with Gasteiger partial charge >= 0.3 is 13.6 Å². The lowest BCUT2D eigenvalue weighted by Crippen LogP contribution is -2.17. The Kier molecular flexibility index (Phi) is 9.00. The maximum absolute atomic E-state index is 13.3. The number of esters is 1. The molecule has 0 amide bonds. The number of hydrogen-bond donors (Lipinski definition) is 0. The third-order valence-electron chi connectivity index (χ3n) is 6.57. The van der Waals surface area contributed by atoms with Crippen molar-refractivity contribution in [2.45, 2.75) is 59.5 Å². The summed E-state index contributed by atoms with van der Waals surface area (Å²) in [7, 11) is -3.44. The Morgan fingerprint density at radius 2 is 1.84 bits per heavy atom. The maximum Gasteiger partial charge on any atom is 0.368 e. The van der Waals surface area contributed by atoms with Gasteiger partial charge in [-0.05, 0) is 89.9 Å². The molecule has 202 valence electrons. The molecule has 8 heteroatoms. The van der Waals surface area contributed by atoms with Gasteiger partial charge in [0.15, 0.2) is 6.35 Å². The van der Waals surface area contributed by atoms with E-state index in [2.05, 4.69) is 19.9 Å². The molecular formula is C30H34ClO6P. The number of benzene rings is 3. The van der Waals surface area contributed by atoms with Gasteiger partial charge in [0, 0.05) is 18.4 Å². The second-order valence-electron chi connectivity index (χ2n) is 9.99. The summed E-state index contributed by atoms with van der Waals surface area (Å²) in [4.78, 5) is 11.5. The van der Waals surface area contributed by atoms with Crippen LogP contribution in [-0.2, 0) is 24.8 Å². The van der Waals surface area contributed by atoms with Crippen molar-refractivity contribution in [2.75, 3.05) is 13.0 Å². The number of rotatable bonds is 8. The number of carbonyl (C=O) groups excluding carboxylic acids is 1. The molecule has 38 heavy (non-hydrogen) atoms. The molecule has 1 aliphatic rings. The van der Waals surface area contributed by atoms with Crippen molar-refractivity contribution in [1.82, 2.24) is 0 Å². The van der Waals surface area contributed by atoms with Gasteiger partial charge < -0.3 is 14.0 Å². The Bertz CT molecular complexity index is 1350. The summed E-state index contributed by atoms with van der Waals surface area (Å²) in [5, 5.41) is 0.607. The Labute approximate surface area is 229 Å². The Morgan fingerprint density at radius 3 is 2.50 bits per heavy atom. The molecule has 3 aromatic rings. The van der Waals surface area contributed by atoms with E-state index >= 15 is 0 Å². The van der Waals surface area contributed by atoms with Gasteiger partial charge in [0.1, 0.15) is 11.5 Å². The standard InChI is InChI=1S/C30H34ClO6P/c1-19(2)27-15-23(9-10-30(27)36-22(5)32)16-28-20(3)13-26(14-21(28)4)34-18-38(33)35-12-11-29(37-38)24-7-6-8-25(31)17-24/h6-10,13-15,17,19,29H,11-12,16,18H2,1-5H3/t29-,38?/m0/s1. The minimum atomic E-state index is -3.44. The summed E-state index contributed by atoms with van der Waals surface area (Å²) in [6.07, 6.45) is 0.796. The number of aryl methyl sites for hydroxylation is 2. The summed E-state index contributed by atoms with van der Waals surface area (Å²) in [5.74, 6) is 1.11. The zero-order chi connectivity index (χ0) is 27.4. The first-order valence-electron chi connectivity index (χ1n) is 12.7. The number of hydrogen-bond acceptors (Lipinski definition) is 6. The molecule has 1 fully saturated rings. The van der Waals surface area contributed by atoms with E-state index in [0.29, 0.717) is 29.5 Å². The van der Waals surface area contributed by atoms with Crippen LogP contribution in [0.1, 0.15) is 72.6 Å². The fourth-order valence-electron chi connectivity index (χ4n) is 4.66. The zero-order valence-corrected chi connectivity index (χ0v) is 24.1. The van der Waals surface area contributed by atoms with E-state index in [1.54, 1.807) is 6.07 Å². The normalized spacial score (nSPS) is 19.4. The van der Waals surface area contributed by atoms with Crippen LogP contribution in [0.4, 0.5) is 0 Å². The van der Waals surface area contributed by atoms with Gasteiger partial charge in [-0.3, -0.25) is 13.9 Å². The molecule has 0 spiro atoms. The van der Waals surface area contributed by atoms with Gasteiger partial charge in [-0.1, -0.05) is 49.7 Å². The molecule has 4 rings (SSSR count). The third kappa shape index (κ3) is 7.06. The van der Waals surface area contributed by atoms with Crippen molar-refractivity contribution in [2.24, 2.45) is 0 Å². The SMILES string of the molecule is CC(=O)Oc1ccc(Cc2c(C)cc(OCP3(=O)OCC[C@@H](c4cccc(Cl)c4)O3)cc2C)cc1C(C)C. The van der Waals surface area contributed by atoms with Crippen molar-refractivity contribution in [3.63, 3.8) is 0 Å². The number of halogens is 1. The molecule has 0 saturated carbocycles. The quantitative estimate of drug-likeness (QED) is 0.158. The van der Waals surface area contributed by atoms with Crippen LogP contribution in [0.2, 0.25) is 5.02 Å². The molecule has 1 heterocycles. The van der Waals surface area contributed by atoms with E-state index in [0.717, 1.165) is 34.2 Å². The molecule has 3 aromatic carbocycles. The van der Waals surface area contributed by atoms with E-state index < -0.39 is 7.60 Å². The first kappa shape index (κ1) is 28.4. The lowest BCUT2D eigenvalue weighted by atomic mass is 9.93. The van der Waals surface area contributed by atoms with Crippen molar-refractivity contribution >= 4 is 25.2 Å². The largest absolute Gasteiger partial charge is 0.481 e. The second kappa shape index (κ2) is 12.0. The predicted molar refractivity (Wildman–Crippen MR) is 150 cm³/mol. The Hall–Kier alpha value is -2.63. The minimum Gasteiger partial charge on any atom is -0.481 e. The second-order valence-corrected chi connectivity index (χ2v) is 12.4. The number of ether oxygens (including phenoxy) is 2. The lowest BCUT2D eigenvalue weighted by molar-refractivity contribution is -0.131. The molecule has 2 atom stereocenters. The van der Waals surface area contributed by atoms with Crippen molar-refractivity contribution in [1.29, 1.82) is 0 Å². The topological polar surface area (TPSA) is 71.1 Å². The lowest BCUT2D eigenvalue weighted by Gasteiger charge is -2.30. The van der Waals surface area contributed by atoms with Crippen molar-refractivity contribution in [3.05, 3.63) is 93.0 Å². The van der Waals surface area contributed by atoms with E-state index in [9.17, 15) is 9.36 Å². The molecule has 1 saturated heterocycles. The maximum atomic E-state index is 13.3. The smallest absolute Gasteiger partial charge is 0.368 e. The highest BCUT2D eigenvalue weighted by atomic mass is 35.5. The summed E-state index contributed by atoms with van der Waals surface area (Å²) < 4.78 is 36.1. The first-order valence-corrected chi connectivity index (χ1v) is 14.8. The molecule has 0 radical (unpaired) electrons. The molecule has 0 bridgehead atoms. The first-order chi connectivity index (χ1) is 18.0. The van der Waals surface area contributed by atoms with Crippen LogP contribution in [0.3, 0.4) is 0 Å². The summed E-state index contributed by atoms with van der Waals surface area (Å²) in [6.45, 7) is 9.97. The van der Waals surface area contributed by atoms with Crippen LogP contribution in [0, 0.1) is 13.8 Å². The van der Waals surface area contributed by atoms with Crippen LogP contribution in [0.5, 0.6) is 11.5 Å². The van der Waals surface area contributed by atoms with Gasteiger partial charge in [0.25, 0.3) is 0 Å². The van der Waals surface area contributed by atoms with E-state index in [1.165, 1.54) is 12.5 Å². The molecule has 0 aliphatic carbocycles. The summed E-state index contributed by atoms with van der Waals surface area (Å²) in [6, 6.07) is 17.2. The van der Waals surface area contributed by atoms with Crippen LogP contribution in [0.15, 0.2) is 54.6 Å². The van der Waals surface area contributed by atoms with E-state index in [1.807, 2.05) is 56.3 Å². The van der Waals surface area contributed by atoms with Crippen LogP contribution in [-0.4, -0.2) is 18.9 Å². The molecule has 1 unspecified atom stereocenters. The fraction of sp³-hybridized carbons (Fsp3) is 0.367. The van der Waals surface area contributed by atoms with Gasteiger partial charge in [-0.25, -0.2) is 0 Å². The number of carbonyl (C=O) groups is 1. The Balaban J connectivity index is 1.46. The summed E-state index contributed by atoms with van der Waals surface area (Å²) >= 11 is 6.12. The van der Waals surface area contributed by atoms with Gasteiger partial charge in [-0.15, -0.1) is 0 Å². The highest BCUT2D eigenvalue weighted by molar-refractivity contribution is 7.53. The fourth-order valence-corrected chi connectivity index (χ4v) is 6.36. The molecule has 1 aliphatic heterocycles. The predicted octanol–water partition coefficient (Wildman–Crippen LogP) is 8.30. The summed E-state index contributed by atoms with van der Waals surface area (Å²) in [5.41, 5.74) is 6.32. The molecule has 0 N–H and O–H groups in total. The van der Waals surface area contributed by atoms with Crippen molar-refractivity contribution < 1.29 is 27.9 Å². The van der Waals surface area contributed by atoms with E-state index in [-0.39, 0.29) is 24.3 Å². The van der Waals surface area contributed by atoms with Crippen LogP contribution >= 0.6 is 19.2 Å². The highest BCUT2D eigenvalue weighted by Gasteiger charge is 2.35. The average molecular weight is 557 g/mol. The van der Waals surface area contributed by atoms with Gasteiger partial charge in [0.2, 0.25) is 0 Å². The highest BCUT2D eigenvalue weighted by Crippen LogP contribution is 2.56. The van der Waals surface area contributed by atoms with Crippen LogP contribution in [0.25, 0.3) is 0 Å². The Morgan fingerprint density at radius 1 is 1.11 bits per heavy atom. The van der Waals surface area contributed by atoms with Gasteiger partial charge in [-0.2, -0.15) is 0 Å².